The second-order valence-electron chi connectivity index (χ2n) is 6.18. The van der Waals surface area contributed by atoms with E-state index in [0.717, 1.165) is 5.56 Å². The molecule has 26 heavy (non-hydrogen) atoms. The van der Waals surface area contributed by atoms with Crippen molar-refractivity contribution in [2.24, 2.45) is 5.92 Å². The molecule has 1 unspecified atom stereocenters. The van der Waals surface area contributed by atoms with Gasteiger partial charge in [0.15, 0.2) is 0 Å². The van der Waals surface area contributed by atoms with Crippen LogP contribution in [0.5, 0.6) is 0 Å². The lowest BCUT2D eigenvalue weighted by molar-refractivity contribution is -0.117. The minimum Gasteiger partial charge on any atom is -0.398 e. The van der Waals surface area contributed by atoms with Gasteiger partial charge in [-0.15, -0.1) is 23.2 Å². The molecule has 1 aliphatic rings. The fourth-order valence-electron chi connectivity index (χ4n) is 2.48. The van der Waals surface area contributed by atoms with Crippen molar-refractivity contribution in [2.75, 3.05) is 16.4 Å². The van der Waals surface area contributed by atoms with Gasteiger partial charge in [-0.05, 0) is 49.2 Å². The third-order valence-electron chi connectivity index (χ3n) is 4.24. The smallest absolute Gasteiger partial charge is 0.257 e. The molecule has 8 heteroatoms. The van der Waals surface area contributed by atoms with Crippen LogP contribution in [0.4, 0.5) is 17.1 Å². The quantitative estimate of drug-likeness (QED) is 0.506. The van der Waals surface area contributed by atoms with Gasteiger partial charge in [-0.1, -0.05) is 17.7 Å². The van der Waals surface area contributed by atoms with Crippen molar-refractivity contribution < 1.29 is 9.59 Å². The van der Waals surface area contributed by atoms with Crippen LogP contribution in [0, 0.1) is 12.8 Å². The van der Waals surface area contributed by atoms with E-state index in [2.05, 4.69) is 10.6 Å². The van der Waals surface area contributed by atoms with Gasteiger partial charge in [0.05, 0.1) is 16.5 Å². The van der Waals surface area contributed by atoms with Crippen molar-refractivity contribution in [1.82, 2.24) is 0 Å². The van der Waals surface area contributed by atoms with Gasteiger partial charge in [0.2, 0.25) is 5.91 Å². The molecule has 1 atom stereocenters. The molecule has 0 heterocycles. The van der Waals surface area contributed by atoms with Crippen molar-refractivity contribution in [3.63, 3.8) is 0 Å². The molecule has 5 nitrogen and oxygen atoms in total. The molecule has 2 amide bonds. The highest BCUT2D eigenvalue weighted by Gasteiger charge is 2.56. The fraction of sp³-hybridized carbons (Fsp3) is 0.222. The molecule has 0 bridgehead atoms. The molecule has 1 aliphatic carbocycles. The van der Waals surface area contributed by atoms with E-state index in [-0.39, 0.29) is 16.5 Å². The van der Waals surface area contributed by atoms with Crippen LogP contribution in [0.25, 0.3) is 0 Å². The Morgan fingerprint density at radius 2 is 1.88 bits per heavy atom. The van der Waals surface area contributed by atoms with Crippen LogP contribution < -0.4 is 16.4 Å². The summed E-state index contributed by atoms with van der Waals surface area (Å²) < 4.78 is -1.01. The van der Waals surface area contributed by atoms with Crippen molar-refractivity contribution >= 4 is 63.7 Å². The number of rotatable bonds is 4. The van der Waals surface area contributed by atoms with Gasteiger partial charge >= 0.3 is 0 Å². The molecular weight excluding hydrogens is 397 g/mol. The van der Waals surface area contributed by atoms with Crippen LogP contribution in [-0.4, -0.2) is 16.1 Å². The second-order valence-corrected chi connectivity index (χ2v) is 8.13. The van der Waals surface area contributed by atoms with Gasteiger partial charge in [0.1, 0.15) is 4.33 Å². The molecule has 1 saturated carbocycles. The summed E-state index contributed by atoms with van der Waals surface area (Å²) in [7, 11) is 0. The molecule has 1 fully saturated rings. The number of halogens is 3. The molecule has 0 spiro atoms. The van der Waals surface area contributed by atoms with Crippen LogP contribution in [0.3, 0.4) is 0 Å². The first kappa shape index (κ1) is 18.8. The number of nitrogens with one attached hydrogen (secondary N) is 2. The fourth-order valence-corrected chi connectivity index (χ4v) is 3.19. The Labute approximate surface area is 165 Å². The maximum atomic E-state index is 12.6. The summed E-state index contributed by atoms with van der Waals surface area (Å²) >= 11 is 17.9. The molecule has 4 N–H and O–H groups in total. The van der Waals surface area contributed by atoms with Crippen LogP contribution in [0.2, 0.25) is 5.02 Å². The topological polar surface area (TPSA) is 84.2 Å². The molecule has 3 rings (SSSR count). The van der Waals surface area contributed by atoms with E-state index in [1.165, 1.54) is 6.07 Å². The lowest BCUT2D eigenvalue weighted by Crippen LogP contribution is -2.18. The lowest BCUT2D eigenvalue weighted by atomic mass is 10.1. The maximum Gasteiger partial charge on any atom is 0.257 e. The number of amides is 2. The molecule has 136 valence electrons. The lowest BCUT2D eigenvalue weighted by Gasteiger charge is -2.12. The number of carbonyl (C=O) groups is 2. The third kappa shape index (κ3) is 3.90. The predicted molar refractivity (Wildman–Crippen MR) is 106 cm³/mol. The SMILES string of the molecule is Cc1c(N)cccc1NC(=O)c1cc(NC(=O)C2CC2(Cl)Cl)ccc1Cl. The van der Waals surface area contributed by atoms with E-state index in [0.29, 0.717) is 23.5 Å². The van der Waals surface area contributed by atoms with Crippen molar-refractivity contribution in [1.29, 1.82) is 0 Å². The average Bonchev–Trinajstić information content (AvgIpc) is 3.22. The van der Waals surface area contributed by atoms with E-state index < -0.39 is 16.2 Å². The van der Waals surface area contributed by atoms with E-state index in [4.69, 9.17) is 40.5 Å². The van der Waals surface area contributed by atoms with E-state index >= 15 is 0 Å². The van der Waals surface area contributed by atoms with Gasteiger partial charge in [-0.25, -0.2) is 0 Å². The highest BCUT2D eigenvalue weighted by Crippen LogP contribution is 2.53. The Morgan fingerprint density at radius 3 is 2.54 bits per heavy atom. The third-order valence-corrected chi connectivity index (χ3v) is 5.41. The number of benzene rings is 2. The largest absolute Gasteiger partial charge is 0.398 e. The van der Waals surface area contributed by atoms with Gasteiger partial charge in [0.25, 0.3) is 5.91 Å². The minimum absolute atomic E-state index is 0.227. The number of anilines is 3. The Morgan fingerprint density at radius 1 is 1.19 bits per heavy atom. The molecule has 0 aliphatic heterocycles. The number of alkyl halides is 2. The summed E-state index contributed by atoms with van der Waals surface area (Å²) in [6.07, 6.45) is 0.400. The first-order valence-corrected chi connectivity index (χ1v) is 8.97. The maximum absolute atomic E-state index is 12.6. The monoisotopic (exact) mass is 411 g/mol. The number of nitrogens with two attached hydrogens (primary N) is 1. The van der Waals surface area contributed by atoms with Gasteiger partial charge in [-0.2, -0.15) is 0 Å². The van der Waals surface area contributed by atoms with Crippen LogP contribution in [-0.2, 0) is 4.79 Å². The van der Waals surface area contributed by atoms with Gasteiger partial charge in [0, 0.05) is 17.1 Å². The van der Waals surface area contributed by atoms with E-state index in [1.807, 2.05) is 6.92 Å². The average molecular weight is 413 g/mol. The summed E-state index contributed by atoms with van der Waals surface area (Å²) in [5.41, 5.74) is 8.44. The number of hydrogen-bond donors (Lipinski definition) is 3. The highest BCUT2D eigenvalue weighted by atomic mass is 35.5. The van der Waals surface area contributed by atoms with Gasteiger partial charge in [-0.3, -0.25) is 9.59 Å². The molecular formula is C18H16Cl3N3O2. The van der Waals surface area contributed by atoms with Crippen LogP contribution in [0.1, 0.15) is 22.3 Å². The van der Waals surface area contributed by atoms with Crippen LogP contribution >= 0.6 is 34.8 Å². The van der Waals surface area contributed by atoms with Crippen molar-refractivity contribution in [3.05, 3.63) is 52.5 Å². The number of carbonyl (C=O) groups excluding carboxylic acids is 2. The van der Waals surface area contributed by atoms with Crippen LogP contribution in [0.15, 0.2) is 36.4 Å². The number of nitrogen functional groups attached to an aromatic ring is 1. The molecule has 0 radical (unpaired) electrons. The Bertz CT molecular complexity index is 899. The molecule has 2 aromatic carbocycles. The standard InChI is InChI=1S/C18H16Cl3N3O2/c1-9-14(22)3-2-4-15(9)24-16(25)11-7-10(5-6-13(11)19)23-17(26)12-8-18(12,20)21/h2-7,12H,8,22H2,1H3,(H,23,26)(H,24,25). The first-order valence-electron chi connectivity index (χ1n) is 7.84. The normalized spacial score (nSPS) is 17.5. The Kier molecular flexibility index (Phi) is 5.06. The van der Waals surface area contributed by atoms with Crippen molar-refractivity contribution in [3.8, 4) is 0 Å². The number of hydrogen-bond acceptors (Lipinski definition) is 3. The summed E-state index contributed by atoms with van der Waals surface area (Å²) in [4.78, 5) is 24.7. The summed E-state index contributed by atoms with van der Waals surface area (Å²) in [6.45, 7) is 1.81. The van der Waals surface area contributed by atoms with E-state index in [1.54, 1.807) is 30.3 Å². The minimum atomic E-state index is -1.01. The highest BCUT2D eigenvalue weighted by molar-refractivity contribution is 6.52. The van der Waals surface area contributed by atoms with Gasteiger partial charge < -0.3 is 16.4 Å². The zero-order chi connectivity index (χ0) is 19.1. The Hall–Kier alpha value is -1.95. The molecule has 0 aromatic heterocycles. The zero-order valence-electron chi connectivity index (χ0n) is 13.8. The van der Waals surface area contributed by atoms with Crippen molar-refractivity contribution in [2.45, 2.75) is 17.7 Å². The molecule has 2 aromatic rings. The Balaban J connectivity index is 1.78. The second kappa shape index (κ2) is 6.99. The summed E-state index contributed by atoms with van der Waals surface area (Å²) in [5.74, 6) is -1.17. The predicted octanol–water partition coefficient (Wildman–Crippen LogP) is 4.62. The zero-order valence-corrected chi connectivity index (χ0v) is 16.0. The summed E-state index contributed by atoms with van der Waals surface area (Å²) in [5, 5.41) is 5.74. The first-order chi connectivity index (χ1) is 12.2. The molecule has 0 saturated heterocycles. The summed E-state index contributed by atoms with van der Waals surface area (Å²) in [6, 6.07) is 9.89. The van der Waals surface area contributed by atoms with E-state index in [9.17, 15) is 9.59 Å².